The molecule has 1 aliphatic heterocycles. The van der Waals surface area contributed by atoms with Crippen LogP contribution in [0.25, 0.3) is 0 Å². The number of para-hydroxylation sites is 2. The van der Waals surface area contributed by atoms with Crippen LogP contribution in [0.2, 0.25) is 0 Å². The SMILES string of the molecule is CNC(=O)C1CN(C(=O)c2cccc(C(F)(F)F)c2)c2ccccc2O1. The molecule has 1 heterocycles. The molecule has 0 bridgehead atoms. The molecule has 0 radical (unpaired) electrons. The van der Waals surface area contributed by atoms with Crippen molar-refractivity contribution in [3.8, 4) is 5.75 Å². The summed E-state index contributed by atoms with van der Waals surface area (Å²) >= 11 is 0. The number of anilines is 1. The molecule has 1 unspecified atom stereocenters. The molecular formula is C18H15F3N2O3. The number of benzene rings is 2. The van der Waals surface area contributed by atoms with Gasteiger partial charge < -0.3 is 15.0 Å². The molecule has 0 aromatic heterocycles. The number of halogens is 3. The molecule has 0 saturated heterocycles. The second kappa shape index (κ2) is 6.70. The van der Waals surface area contributed by atoms with Crippen LogP contribution >= 0.6 is 0 Å². The number of amides is 2. The second-order valence-electron chi connectivity index (χ2n) is 5.68. The van der Waals surface area contributed by atoms with Crippen LogP contribution in [0.15, 0.2) is 48.5 Å². The van der Waals surface area contributed by atoms with E-state index in [4.69, 9.17) is 4.74 Å². The van der Waals surface area contributed by atoms with Crippen molar-refractivity contribution < 1.29 is 27.5 Å². The summed E-state index contributed by atoms with van der Waals surface area (Å²) in [6.07, 6.45) is -5.51. The summed E-state index contributed by atoms with van der Waals surface area (Å²) in [5.74, 6) is -0.755. The average Bonchev–Trinajstić information content (AvgIpc) is 2.65. The lowest BCUT2D eigenvalue weighted by molar-refractivity contribution is -0.137. The van der Waals surface area contributed by atoms with Crippen molar-refractivity contribution in [1.29, 1.82) is 0 Å². The van der Waals surface area contributed by atoms with Gasteiger partial charge in [0.25, 0.3) is 11.8 Å². The van der Waals surface area contributed by atoms with E-state index in [1.165, 1.54) is 24.1 Å². The highest BCUT2D eigenvalue weighted by Crippen LogP contribution is 2.35. The highest BCUT2D eigenvalue weighted by molar-refractivity contribution is 6.08. The van der Waals surface area contributed by atoms with Crippen LogP contribution in [-0.2, 0) is 11.0 Å². The molecule has 26 heavy (non-hydrogen) atoms. The molecule has 2 aromatic rings. The van der Waals surface area contributed by atoms with Gasteiger partial charge >= 0.3 is 6.18 Å². The van der Waals surface area contributed by atoms with Gasteiger partial charge in [0.2, 0.25) is 0 Å². The molecule has 0 saturated carbocycles. The Labute approximate surface area is 147 Å². The first-order valence-corrected chi connectivity index (χ1v) is 7.77. The lowest BCUT2D eigenvalue weighted by Crippen LogP contribution is -2.50. The van der Waals surface area contributed by atoms with Crippen molar-refractivity contribution in [3.05, 3.63) is 59.7 Å². The minimum atomic E-state index is -4.55. The van der Waals surface area contributed by atoms with Gasteiger partial charge in [-0.3, -0.25) is 9.59 Å². The number of likely N-dealkylation sites (N-methyl/N-ethyl adjacent to an activating group) is 1. The molecule has 5 nitrogen and oxygen atoms in total. The summed E-state index contributed by atoms with van der Waals surface area (Å²) < 4.78 is 44.4. The predicted molar refractivity (Wildman–Crippen MR) is 88.0 cm³/mol. The van der Waals surface area contributed by atoms with Crippen molar-refractivity contribution in [3.63, 3.8) is 0 Å². The van der Waals surface area contributed by atoms with Gasteiger partial charge in [-0.15, -0.1) is 0 Å². The standard InChI is InChI=1S/C18H15F3N2O3/c1-22-16(24)15-10-23(13-7-2-3-8-14(13)26-15)17(25)11-5-4-6-12(9-11)18(19,20)21/h2-9,15H,10H2,1H3,(H,22,24). The smallest absolute Gasteiger partial charge is 0.416 e. The minimum absolute atomic E-state index is 0.105. The quantitative estimate of drug-likeness (QED) is 0.892. The maximum absolute atomic E-state index is 12.9. The van der Waals surface area contributed by atoms with E-state index < -0.39 is 29.7 Å². The number of alkyl halides is 3. The van der Waals surface area contributed by atoms with Crippen LogP contribution in [0, 0.1) is 0 Å². The maximum Gasteiger partial charge on any atom is 0.416 e. The van der Waals surface area contributed by atoms with Gasteiger partial charge in [0.05, 0.1) is 17.8 Å². The lowest BCUT2D eigenvalue weighted by atomic mass is 10.1. The molecule has 1 atom stereocenters. The Morgan fingerprint density at radius 2 is 1.88 bits per heavy atom. The van der Waals surface area contributed by atoms with E-state index in [0.29, 0.717) is 11.4 Å². The fraction of sp³-hybridized carbons (Fsp3) is 0.222. The summed E-state index contributed by atoms with van der Waals surface area (Å²) in [7, 11) is 1.44. The molecule has 3 rings (SSSR count). The first kappa shape index (κ1) is 17.8. The maximum atomic E-state index is 12.9. The van der Waals surface area contributed by atoms with Crippen LogP contribution in [0.3, 0.4) is 0 Å². The highest BCUT2D eigenvalue weighted by atomic mass is 19.4. The third-order valence-corrected chi connectivity index (χ3v) is 3.99. The van der Waals surface area contributed by atoms with Gasteiger partial charge in [-0.2, -0.15) is 13.2 Å². The van der Waals surface area contributed by atoms with E-state index in [2.05, 4.69) is 5.32 Å². The number of nitrogens with zero attached hydrogens (tertiary/aromatic N) is 1. The van der Waals surface area contributed by atoms with E-state index in [9.17, 15) is 22.8 Å². The van der Waals surface area contributed by atoms with Crippen LogP contribution in [0.5, 0.6) is 5.75 Å². The Bertz CT molecular complexity index is 852. The molecule has 1 N–H and O–H groups in total. The van der Waals surface area contributed by atoms with Crippen LogP contribution < -0.4 is 15.0 Å². The zero-order chi connectivity index (χ0) is 18.9. The number of ether oxygens (including phenoxy) is 1. The van der Waals surface area contributed by atoms with Gasteiger partial charge in [-0.25, -0.2) is 0 Å². The van der Waals surface area contributed by atoms with Gasteiger partial charge in [0.1, 0.15) is 5.75 Å². The molecule has 2 amide bonds. The minimum Gasteiger partial charge on any atom is -0.477 e. The zero-order valence-corrected chi connectivity index (χ0v) is 13.7. The van der Waals surface area contributed by atoms with Crippen molar-refractivity contribution in [1.82, 2.24) is 5.32 Å². The second-order valence-corrected chi connectivity index (χ2v) is 5.68. The van der Waals surface area contributed by atoms with E-state index in [1.54, 1.807) is 24.3 Å². The van der Waals surface area contributed by atoms with E-state index in [0.717, 1.165) is 12.1 Å². The fourth-order valence-corrected chi connectivity index (χ4v) is 2.71. The number of nitrogens with one attached hydrogen (secondary N) is 1. The summed E-state index contributed by atoms with van der Waals surface area (Å²) in [5, 5.41) is 2.44. The molecule has 0 fully saturated rings. The topological polar surface area (TPSA) is 58.6 Å². The number of hydrogen-bond acceptors (Lipinski definition) is 3. The van der Waals surface area contributed by atoms with Gasteiger partial charge in [-0.05, 0) is 30.3 Å². The molecule has 0 aliphatic carbocycles. The monoisotopic (exact) mass is 364 g/mol. The van der Waals surface area contributed by atoms with Crippen molar-refractivity contribution in [2.24, 2.45) is 0 Å². The predicted octanol–water partition coefficient (Wildman–Crippen LogP) is 2.86. The van der Waals surface area contributed by atoms with E-state index in [-0.39, 0.29) is 12.1 Å². The van der Waals surface area contributed by atoms with E-state index >= 15 is 0 Å². The molecule has 0 spiro atoms. The van der Waals surface area contributed by atoms with Gasteiger partial charge in [-0.1, -0.05) is 18.2 Å². The first-order valence-electron chi connectivity index (χ1n) is 7.77. The van der Waals surface area contributed by atoms with E-state index in [1.807, 2.05) is 0 Å². The highest BCUT2D eigenvalue weighted by Gasteiger charge is 2.35. The average molecular weight is 364 g/mol. The Balaban J connectivity index is 1.99. The number of carbonyl (C=O) groups excluding carboxylic acids is 2. The van der Waals surface area contributed by atoms with Gasteiger partial charge in [0, 0.05) is 12.6 Å². The Morgan fingerprint density at radius 1 is 1.15 bits per heavy atom. The Morgan fingerprint density at radius 3 is 2.58 bits per heavy atom. The number of hydrogen-bond donors (Lipinski definition) is 1. The third-order valence-electron chi connectivity index (χ3n) is 3.99. The molecule has 136 valence electrons. The molecule has 2 aromatic carbocycles. The van der Waals surface area contributed by atoms with Crippen LogP contribution in [-0.4, -0.2) is 31.5 Å². The zero-order valence-electron chi connectivity index (χ0n) is 13.7. The fourth-order valence-electron chi connectivity index (χ4n) is 2.71. The van der Waals surface area contributed by atoms with Gasteiger partial charge in [0.15, 0.2) is 6.10 Å². The first-order chi connectivity index (χ1) is 12.3. The largest absolute Gasteiger partial charge is 0.477 e. The summed E-state index contributed by atoms with van der Waals surface area (Å²) in [6.45, 7) is -0.105. The van der Waals surface area contributed by atoms with Crippen molar-refractivity contribution in [2.75, 3.05) is 18.5 Å². The third kappa shape index (κ3) is 3.35. The normalized spacial score (nSPS) is 16.5. The summed E-state index contributed by atoms with van der Waals surface area (Å²) in [5.41, 5.74) is -0.630. The number of carbonyl (C=O) groups is 2. The Kier molecular flexibility index (Phi) is 4.58. The van der Waals surface area contributed by atoms with Crippen molar-refractivity contribution in [2.45, 2.75) is 12.3 Å². The molecular weight excluding hydrogens is 349 g/mol. The Hall–Kier alpha value is -3.03. The van der Waals surface area contributed by atoms with Crippen molar-refractivity contribution >= 4 is 17.5 Å². The molecule has 8 heteroatoms. The number of rotatable bonds is 2. The lowest BCUT2D eigenvalue weighted by Gasteiger charge is -2.34. The summed E-state index contributed by atoms with van der Waals surface area (Å²) in [6, 6.07) is 10.8. The molecule has 1 aliphatic rings. The number of fused-ring (bicyclic) bond motifs is 1. The summed E-state index contributed by atoms with van der Waals surface area (Å²) in [4.78, 5) is 26.1. The van der Waals surface area contributed by atoms with Crippen LogP contribution in [0.1, 0.15) is 15.9 Å². The van der Waals surface area contributed by atoms with Crippen LogP contribution in [0.4, 0.5) is 18.9 Å².